The summed E-state index contributed by atoms with van der Waals surface area (Å²) >= 11 is 0. The average Bonchev–Trinajstić information content (AvgIpc) is 2.60. The third kappa shape index (κ3) is 14.7. The zero-order valence-corrected chi connectivity index (χ0v) is 44.5. The molecule has 0 aromatic heterocycles. The van der Waals surface area contributed by atoms with Crippen molar-refractivity contribution < 1.29 is 173 Å². The minimum Gasteiger partial charge on any atom is -0.394 e. The topological polar surface area (TPSA) is 583 Å². The van der Waals surface area contributed by atoms with Crippen LogP contribution in [-0.4, -0.2) is 368 Å². The first-order valence-corrected chi connectivity index (χ1v) is 26.5. The van der Waals surface area contributed by atoms with Crippen molar-refractivity contribution in [3.05, 3.63) is 0 Å². The lowest BCUT2D eigenvalue weighted by Gasteiger charge is -2.51. The molecule has 2 amide bonds. The number of hydrogen-bond acceptors (Lipinski definition) is 35. The van der Waals surface area contributed by atoms with E-state index in [9.17, 15) is 112 Å². The quantitative estimate of drug-likeness (QED) is 0.0538. The van der Waals surface area contributed by atoms with Gasteiger partial charge >= 0.3 is 0 Å². The summed E-state index contributed by atoms with van der Waals surface area (Å²) in [6, 6.07) is -3.63. The zero-order valence-electron chi connectivity index (χ0n) is 44.5. The molecule has 0 radical (unpaired) electrons. The fourth-order valence-electron chi connectivity index (χ4n) is 10.6. The van der Waals surface area contributed by atoms with Gasteiger partial charge in [-0.2, -0.15) is 0 Å². The standard InChI is InChI=1S/C46H78N2O35/c1-10-21(56)26(61)31(66)43(72-10)82-38-20(48-12(3)55)41(76-17(8-53)37(38)81-45-33(68)28(63)23(58)14(5-50)75-45)71-9-18-24(59)39(34(69)46(78-18)80-36-15(6-51)73-40(70)30(65)29(36)64)83-42-19(47-11(2)54)25(60)35(16(7-52)77-42)79-44-32(67)27(62)22(57)13(4-49)74-44/h10,13-46,49-53,56-70H,4-9H2,1-3H3,(H,47,54)(H,48,55)/t10-,13-,14-,15-,16-,17-,18-,19-,20-,21+,22+,23+,24+,25-,26+,27+,28+,29-,30-,31-,32-,33-,34-,35-,36-,37-,38-,39+,40?,41-,42+,43-,44+,45+,46+/m1/s1. The summed E-state index contributed by atoms with van der Waals surface area (Å²) in [7, 11) is 0. The summed E-state index contributed by atoms with van der Waals surface area (Å²) in [6.45, 7) is -2.73. The molecular weight excluding hydrogens is 1140 g/mol. The lowest BCUT2D eigenvalue weighted by molar-refractivity contribution is -0.387. The van der Waals surface area contributed by atoms with E-state index < -0.39 is 266 Å². The maximum absolute atomic E-state index is 13.1. The van der Waals surface area contributed by atoms with Crippen LogP contribution >= 0.6 is 0 Å². The summed E-state index contributed by atoms with van der Waals surface area (Å²) in [5.41, 5.74) is 0. The molecule has 35 atom stereocenters. The van der Waals surface area contributed by atoms with E-state index in [0.29, 0.717) is 0 Å². The van der Waals surface area contributed by atoms with Crippen molar-refractivity contribution in [1.29, 1.82) is 0 Å². The Balaban J connectivity index is 1.21. The van der Waals surface area contributed by atoms with Gasteiger partial charge in [0.1, 0.15) is 165 Å². The molecule has 0 bridgehead atoms. The monoisotopic (exact) mass is 1220 g/mol. The zero-order chi connectivity index (χ0) is 61.2. The third-order valence-corrected chi connectivity index (χ3v) is 15.3. The molecule has 22 N–H and O–H groups in total. The lowest BCUT2D eigenvalue weighted by atomic mass is 9.94. The summed E-state index contributed by atoms with van der Waals surface area (Å²) in [6.07, 6.45) is -63.7. The Morgan fingerprint density at radius 3 is 1.24 bits per heavy atom. The highest BCUT2D eigenvalue weighted by Gasteiger charge is 2.59. The fourth-order valence-corrected chi connectivity index (χ4v) is 10.6. The van der Waals surface area contributed by atoms with Crippen LogP contribution in [0.2, 0.25) is 0 Å². The molecule has 37 nitrogen and oxygen atoms in total. The molecule has 37 heteroatoms. The highest BCUT2D eigenvalue weighted by molar-refractivity contribution is 5.73. The minimum absolute atomic E-state index is 0.882. The highest BCUT2D eigenvalue weighted by atomic mass is 16.8. The Morgan fingerprint density at radius 1 is 0.337 bits per heavy atom. The second-order valence-corrected chi connectivity index (χ2v) is 21.1. The molecule has 0 aromatic rings. The molecule has 7 rings (SSSR count). The minimum atomic E-state index is -2.32. The van der Waals surface area contributed by atoms with Crippen LogP contribution in [0, 0.1) is 0 Å². The molecular formula is C46H78N2O35. The third-order valence-electron chi connectivity index (χ3n) is 15.3. The van der Waals surface area contributed by atoms with Gasteiger partial charge in [0.15, 0.2) is 44.0 Å². The number of aliphatic hydroxyl groups excluding tert-OH is 20. The molecule has 482 valence electrons. The van der Waals surface area contributed by atoms with E-state index in [1.807, 2.05) is 0 Å². The lowest BCUT2D eigenvalue weighted by Crippen LogP contribution is -2.70. The first kappa shape index (κ1) is 68.1. The van der Waals surface area contributed by atoms with E-state index in [1.54, 1.807) is 0 Å². The Hall–Kier alpha value is -2.38. The number of carbonyl (C=O) groups excluding carboxylic acids is 2. The van der Waals surface area contributed by atoms with Crippen LogP contribution in [0.3, 0.4) is 0 Å². The molecule has 7 aliphatic heterocycles. The van der Waals surface area contributed by atoms with E-state index in [1.165, 1.54) is 6.92 Å². The number of aliphatic hydroxyl groups is 20. The van der Waals surface area contributed by atoms with Crippen molar-refractivity contribution >= 4 is 11.8 Å². The van der Waals surface area contributed by atoms with E-state index in [2.05, 4.69) is 10.6 Å². The predicted molar refractivity (Wildman–Crippen MR) is 254 cm³/mol. The molecule has 7 fully saturated rings. The van der Waals surface area contributed by atoms with Crippen LogP contribution in [0.5, 0.6) is 0 Å². The van der Waals surface area contributed by atoms with Gasteiger partial charge in [-0.25, -0.2) is 0 Å². The van der Waals surface area contributed by atoms with Gasteiger partial charge in [-0.3, -0.25) is 9.59 Å². The van der Waals surface area contributed by atoms with E-state index in [-0.39, 0.29) is 0 Å². The van der Waals surface area contributed by atoms with Gasteiger partial charge in [0.2, 0.25) is 11.8 Å². The fraction of sp³-hybridized carbons (Fsp3) is 0.957. The summed E-state index contributed by atoms with van der Waals surface area (Å²) < 4.78 is 75.9. The Kier molecular flexibility index (Phi) is 24.0. The number of ether oxygens (including phenoxy) is 13. The van der Waals surface area contributed by atoms with E-state index in [0.717, 1.165) is 13.8 Å². The second-order valence-electron chi connectivity index (χ2n) is 21.1. The number of hydrogen-bond donors (Lipinski definition) is 22. The van der Waals surface area contributed by atoms with Gasteiger partial charge < -0.3 is 174 Å². The first-order valence-electron chi connectivity index (χ1n) is 26.5. The van der Waals surface area contributed by atoms with Crippen LogP contribution in [0.15, 0.2) is 0 Å². The van der Waals surface area contributed by atoms with Crippen molar-refractivity contribution in [3.63, 3.8) is 0 Å². The second kappa shape index (κ2) is 29.3. The van der Waals surface area contributed by atoms with Gasteiger partial charge in [-0.05, 0) is 6.92 Å². The van der Waals surface area contributed by atoms with Gasteiger partial charge in [0, 0.05) is 13.8 Å². The molecule has 7 aliphatic rings. The van der Waals surface area contributed by atoms with Gasteiger partial charge in [-0.15, -0.1) is 0 Å². The Labute approximate surface area is 470 Å². The SMILES string of the molecule is CC(=O)N[C@H]1[C@H](O[C@H]2[C@@H](O)[C@@H](CO[C@@H]3O[C@H](CO)[C@@H](O[C@@H]4O[C@H](CO)[C@H](O)[C@H](O)[C@H]4O)[C@H](O[C@H]4O[C@H](C)[C@H](O)[C@H](O)[C@H]4O)[C@H]3NC(C)=O)O[C@@H](O[C@H]3[C@H](O)[C@@H](O)C(O)O[C@@H]3CO)[C@@H]2O)O[C@H](CO)[C@@H](O[C@@H]2O[C@H](CO)[C@H](O)[C@H](O)[C@H]2O)[C@@H]1O. The first-order chi connectivity index (χ1) is 39.2. The molecule has 0 saturated carbocycles. The van der Waals surface area contributed by atoms with E-state index in [4.69, 9.17) is 61.6 Å². The largest absolute Gasteiger partial charge is 0.394 e. The summed E-state index contributed by atoms with van der Waals surface area (Å²) in [4.78, 5) is 25.8. The normalized spacial score (nSPS) is 50.8. The van der Waals surface area contributed by atoms with Gasteiger partial charge in [0.25, 0.3) is 0 Å². The summed E-state index contributed by atoms with van der Waals surface area (Å²) in [5.74, 6) is -1.77. The van der Waals surface area contributed by atoms with Crippen LogP contribution in [0.1, 0.15) is 20.8 Å². The number of carbonyl (C=O) groups is 2. The van der Waals surface area contributed by atoms with Crippen molar-refractivity contribution in [2.45, 2.75) is 236 Å². The van der Waals surface area contributed by atoms with Crippen LogP contribution in [-0.2, 0) is 71.2 Å². The molecule has 7 saturated heterocycles. The van der Waals surface area contributed by atoms with Crippen molar-refractivity contribution in [2.75, 3.05) is 39.6 Å². The highest BCUT2D eigenvalue weighted by Crippen LogP contribution is 2.38. The van der Waals surface area contributed by atoms with Gasteiger partial charge in [-0.1, -0.05) is 0 Å². The average molecular weight is 1220 g/mol. The Morgan fingerprint density at radius 2 is 0.723 bits per heavy atom. The maximum atomic E-state index is 13.1. The van der Waals surface area contributed by atoms with Crippen molar-refractivity contribution in [1.82, 2.24) is 10.6 Å². The molecule has 0 aromatic carbocycles. The summed E-state index contributed by atoms with van der Waals surface area (Å²) in [5, 5.41) is 220. The molecule has 83 heavy (non-hydrogen) atoms. The number of rotatable bonds is 20. The smallest absolute Gasteiger partial charge is 0.217 e. The molecule has 1 unspecified atom stereocenters. The van der Waals surface area contributed by atoms with Gasteiger partial charge in [0.05, 0.1) is 45.7 Å². The number of nitrogens with one attached hydrogen (secondary N) is 2. The van der Waals surface area contributed by atoms with Crippen molar-refractivity contribution in [2.24, 2.45) is 0 Å². The predicted octanol–water partition coefficient (Wildman–Crippen LogP) is -15.0. The number of amides is 2. The van der Waals surface area contributed by atoms with Crippen LogP contribution in [0.4, 0.5) is 0 Å². The van der Waals surface area contributed by atoms with E-state index >= 15 is 0 Å². The maximum Gasteiger partial charge on any atom is 0.217 e. The molecule has 0 aliphatic carbocycles. The Bertz CT molecular complexity index is 2040. The molecule has 7 heterocycles. The van der Waals surface area contributed by atoms with Crippen LogP contribution in [0.25, 0.3) is 0 Å². The van der Waals surface area contributed by atoms with Crippen LogP contribution < -0.4 is 10.6 Å². The molecule has 0 spiro atoms. The van der Waals surface area contributed by atoms with Crippen molar-refractivity contribution in [3.8, 4) is 0 Å².